The van der Waals surface area contributed by atoms with E-state index in [1.54, 1.807) is 92.0 Å². The molecule has 0 radical (unpaired) electrons. The molecule has 0 aromatic heterocycles. The van der Waals surface area contributed by atoms with E-state index in [1.165, 1.54) is 36.0 Å². The summed E-state index contributed by atoms with van der Waals surface area (Å²) in [5, 5.41) is 5.51. The molecule has 8 heteroatoms. The van der Waals surface area contributed by atoms with Gasteiger partial charge in [-0.3, -0.25) is 14.4 Å². The molecule has 6 nitrogen and oxygen atoms in total. The van der Waals surface area contributed by atoms with Crippen molar-refractivity contribution in [1.82, 2.24) is 5.32 Å². The molecule has 2 amide bonds. The van der Waals surface area contributed by atoms with E-state index in [9.17, 15) is 18.8 Å². The second kappa shape index (κ2) is 13.2. The molecule has 4 rings (SSSR count). The Hall–Kier alpha value is -4.69. The fourth-order valence-corrected chi connectivity index (χ4v) is 4.30. The molecule has 0 aliphatic carbocycles. The molecule has 0 saturated carbocycles. The van der Waals surface area contributed by atoms with Gasteiger partial charge in [0.1, 0.15) is 17.3 Å². The van der Waals surface area contributed by atoms with Gasteiger partial charge in [0, 0.05) is 21.7 Å². The Kier molecular flexibility index (Phi) is 9.26. The van der Waals surface area contributed by atoms with Crippen LogP contribution in [0.1, 0.15) is 26.3 Å². The summed E-state index contributed by atoms with van der Waals surface area (Å²) in [6, 6.07) is 28.1. The van der Waals surface area contributed by atoms with Crippen LogP contribution in [0.25, 0.3) is 6.08 Å². The Morgan fingerprint density at radius 3 is 2.13 bits per heavy atom. The van der Waals surface area contributed by atoms with Crippen molar-refractivity contribution in [2.24, 2.45) is 0 Å². The van der Waals surface area contributed by atoms with Gasteiger partial charge in [-0.1, -0.05) is 30.3 Å². The van der Waals surface area contributed by atoms with Crippen LogP contribution in [0.4, 0.5) is 10.1 Å². The lowest BCUT2D eigenvalue weighted by Gasteiger charge is -2.12. The third kappa shape index (κ3) is 7.90. The van der Waals surface area contributed by atoms with E-state index < -0.39 is 17.6 Å². The van der Waals surface area contributed by atoms with Gasteiger partial charge in [0.25, 0.3) is 11.8 Å². The van der Waals surface area contributed by atoms with Gasteiger partial charge in [0.05, 0.1) is 12.9 Å². The summed E-state index contributed by atoms with van der Waals surface area (Å²) in [5.41, 5.74) is 2.15. The second-order valence-electron chi connectivity index (χ2n) is 8.35. The predicted octanol–water partition coefficient (Wildman–Crippen LogP) is 6.22. The molecule has 0 spiro atoms. The smallest absolute Gasteiger partial charge is 0.272 e. The molecule has 196 valence electrons. The van der Waals surface area contributed by atoms with Gasteiger partial charge in [-0.25, -0.2) is 4.39 Å². The Bertz CT molecular complexity index is 1470. The number of carbonyl (C=O) groups excluding carboxylic acids is 3. The molecule has 0 unspecified atom stereocenters. The number of hydrogen-bond donors (Lipinski definition) is 2. The summed E-state index contributed by atoms with van der Waals surface area (Å²) in [6.45, 7) is 0. The Morgan fingerprint density at radius 1 is 0.821 bits per heavy atom. The van der Waals surface area contributed by atoms with Gasteiger partial charge in [0.15, 0.2) is 5.78 Å². The number of anilines is 1. The average Bonchev–Trinajstić information content (AvgIpc) is 2.97. The normalized spacial score (nSPS) is 11.0. The molecule has 0 atom stereocenters. The number of rotatable bonds is 10. The highest BCUT2D eigenvalue weighted by molar-refractivity contribution is 8.00. The minimum atomic E-state index is -0.498. The minimum Gasteiger partial charge on any atom is -0.497 e. The van der Waals surface area contributed by atoms with Crippen LogP contribution in [0.2, 0.25) is 0 Å². The van der Waals surface area contributed by atoms with Crippen molar-refractivity contribution in [3.8, 4) is 5.75 Å². The Labute approximate surface area is 229 Å². The summed E-state index contributed by atoms with van der Waals surface area (Å²) in [7, 11) is 1.57. The van der Waals surface area contributed by atoms with E-state index in [4.69, 9.17) is 4.74 Å². The number of benzene rings is 4. The molecule has 4 aromatic carbocycles. The van der Waals surface area contributed by atoms with Gasteiger partial charge in [0.2, 0.25) is 0 Å². The fraction of sp³-hybridized carbons (Fsp3) is 0.0645. The maximum Gasteiger partial charge on any atom is 0.272 e. The lowest BCUT2D eigenvalue weighted by Crippen LogP contribution is -2.30. The minimum absolute atomic E-state index is 0.0670. The molecule has 0 bridgehead atoms. The van der Waals surface area contributed by atoms with Gasteiger partial charge in [-0.15, -0.1) is 11.8 Å². The monoisotopic (exact) mass is 540 g/mol. The summed E-state index contributed by atoms with van der Waals surface area (Å²) >= 11 is 1.34. The molecule has 0 aliphatic heterocycles. The van der Waals surface area contributed by atoms with Crippen molar-refractivity contribution in [3.05, 3.63) is 131 Å². The first-order valence-corrected chi connectivity index (χ1v) is 12.9. The van der Waals surface area contributed by atoms with Crippen molar-refractivity contribution in [3.63, 3.8) is 0 Å². The maximum absolute atomic E-state index is 13.2. The molecule has 39 heavy (non-hydrogen) atoms. The summed E-state index contributed by atoms with van der Waals surface area (Å²) in [6.07, 6.45) is 1.58. The van der Waals surface area contributed by atoms with E-state index in [0.29, 0.717) is 28.1 Å². The fourth-order valence-electron chi connectivity index (χ4n) is 3.51. The average molecular weight is 541 g/mol. The highest BCUT2D eigenvalue weighted by Crippen LogP contribution is 2.22. The predicted molar refractivity (Wildman–Crippen MR) is 151 cm³/mol. The summed E-state index contributed by atoms with van der Waals surface area (Å²) < 4.78 is 18.3. The maximum atomic E-state index is 13.2. The van der Waals surface area contributed by atoms with Crippen LogP contribution < -0.4 is 15.4 Å². The lowest BCUT2D eigenvalue weighted by atomic mass is 10.1. The van der Waals surface area contributed by atoms with Crippen molar-refractivity contribution >= 4 is 41.1 Å². The van der Waals surface area contributed by atoms with Crippen LogP contribution in [0.15, 0.2) is 114 Å². The molecule has 0 heterocycles. The highest BCUT2D eigenvalue weighted by Gasteiger charge is 2.15. The van der Waals surface area contributed by atoms with Crippen LogP contribution in [0.3, 0.4) is 0 Å². The number of hydrogen-bond acceptors (Lipinski definition) is 5. The first kappa shape index (κ1) is 27.3. The number of halogens is 1. The zero-order valence-electron chi connectivity index (χ0n) is 21.0. The van der Waals surface area contributed by atoms with E-state index in [1.807, 2.05) is 0 Å². The Balaban J connectivity index is 1.44. The van der Waals surface area contributed by atoms with Crippen LogP contribution in [-0.4, -0.2) is 30.5 Å². The van der Waals surface area contributed by atoms with Gasteiger partial charge < -0.3 is 15.4 Å². The topological polar surface area (TPSA) is 84.5 Å². The number of methoxy groups -OCH3 is 1. The third-order valence-electron chi connectivity index (χ3n) is 5.60. The van der Waals surface area contributed by atoms with Gasteiger partial charge in [-0.05, 0) is 84.4 Å². The van der Waals surface area contributed by atoms with E-state index >= 15 is 0 Å². The quantitative estimate of drug-likeness (QED) is 0.142. The summed E-state index contributed by atoms with van der Waals surface area (Å²) in [4.78, 5) is 39.2. The number of ketones is 1. The van der Waals surface area contributed by atoms with E-state index in [-0.39, 0.29) is 17.2 Å². The number of ether oxygens (including phenoxy) is 1. The lowest BCUT2D eigenvalue weighted by molar-refractivity contribution is -0.113. The van der Waals surface area contributed by atoms with Crippen LogP contribution in [0, 0.1) is 5.82 Å². The van der Waals surface area contributed by atoms with Gasteiger partial charge in [-0.2, -0.15) is 0 Å². The van der Waals surface area contributed by atoms with Crippen LogP contribution >= 0.6 is 11.8 Å². The third-order valence-corrected chi connectivity index (χ3v) is 6.62. The van der Waals surface area contributed by atoms with Crippen LogP contribution in [-0.2, 0) is 4.79 Å². The zero-order valence-corrected chi connectivity index (χ0v) is 21.8. The standard InChI is InChI=1S/C31H25FN2O4S/c1-38-26-15-7-21(8-16-26)19-28(34-30(36)23-5-3-2-4-6-23)31(37)33-25-13-17-27(18-14-25)39-20-29(35)22-9-11-24(32)12-10-22/h2-19H,20H2,1H3,(H,33,37)(H,34,36)/b28-19-. The first-order valence-electron chi connectivity index (χ1n) is 12.0. The number of thioether (sulfide) groups is 1. The van der Waals surface area contributed by atoms with E-state index in [2.05, 4.69) is 10.6 Å². The number of amides is 2. The summed E-state index contributed by atoms with van der Waals surface area (Å²) in [5.74, 6) is -0.551. The molecule has 0 saturated heterocycles. The number of nitrogens with one attached hydrogen (secondary N) is 2. The first-order chi connectivity index (χ1) is 18.9. The molecular formula is C31H25FN2O4S. The molecule has 0 fully saturated rings. The molecule has 2 N–H and O–H groups in total. The second-order valence-corrected chi connectivity index (χ2v) is 9.40. The zero-order chi connectivity index (χ0) is 27.6. The highest BCUT2D eigenvalue weighted by atomic mass is 32.2. The van der Waals surface area contributed by atoms with Crippen molar-refractivity contribution < 1.29 is 23.5 Å². The molecule has 0 aliphatic rings. The van der Waals surface area contributed by atoms with Crippen molar-refractivity contribution in [1.29, 1.82) is 0 Å². The largest absolute Gasteiger partial charge is 0.497 e. The molecular weight excluding hydrogens is 515 g/mol. The number of Topliss-reactive ketones (excluding diaryl/α,β-unsaturated/α-hetero) is 1. The van der Waals surface area contributed by atoms with Crippen LogP contribution in [0.5, 0.6) is 5.75 Å². The molecule has 4 aromatic rings. The van der Waals surface area contributed by atoms with E-state index in [0.717, 1.165) is 4.90 Å². The van der Waals surface area contributed by atoms with Gasteiger partial charge >= 0.3 is 0 Å². The Morgan fingerprint density at radius 2 is 1.49 bits per heavy atom. The van der Waals surface area contributed by atoms with Crippen molar-refractivity contribution in [2.75, 3.05) is 18.2 Å². The van der Waals surface area contributed by atoms with Crippen molar-refractivity contribution in [2.45, 2.75) is 4.90 Å². The number of carbonyl (C=O) groups is 3. The SMILES string of the molecule is COc1ccc(/C=C(\NC(=O)c2ccccc2)C(=O)Nc2ccc(SCC(=O)c3ccc(F)cc3)cc2)cc1.